The number of carbonyl (C=O) groups is 1. The zero-order valence-electron chi connectivity index (χ0n) is 8.30. The van der Waals surface area contributed by atoms with E-state index in [1.165, 1.54) is 25.7 Å². The first-order chi connectivity index (χ1) is 6.38. The van der Waals surface area contributed by atoms with Gasteiger partial charge in [0.25, 0.3) is 0 Å². The monoisotopic (exact) mass is 181 g/mol. The second kappa shape index (κ2) is 4.23. The summed E-state index contributed by atoms with van der Waals surface area (Å²) in [5.41, 5.74) is 0. The fourth-order valence-corrected chi connectivity index (χ4v) is 2.58. The summed E-state index contributed by atoms with van der Waals surface area (Å²) < 4.78 is 0. The van der Waals surface area contributed by atoms with Crippen LogP contribution in [0.3, 0.4) is 0 Å². The Labute approximate surface area is 80.3 Å². The minimum Gasteiger partial charge on any atom is -0.298 e. The van der Waals surface area contributed by atoms with Gasteiger partial charge in [-0.2, -0.15) is 0 Å². The van der Waals surface area contributed by atoms with Crippen molar-refractivity contribution >= 4 is 5.78 Å². The van der Waals surface area contributed by atoms with Crippen LogP contribution in [-0.2, 0) is 4.79 Å². The minimum absolute atomic E-state index is 0.296. The van der Waals surface area contributed by atoms with Gasteiger partial charge in [-0.15, -0.1) is 0 Å². The van der Waals surface area contributed by atoms with Crippen LogP contribution in [0.25, 0.3) is 0 Å². The summed E-state index contributed by atoms with van der Waals surface area (Å²) in [6.45, 7) is 2.33. The van der Waals surface area contributed by atoms with E-state index >= 15 is 0 Å². The summed E-state index contributed by atoms with van der Waals surface area (Å²) in [7, 11) is 0. The third-order valence-corrected chi connectivity index (χ3v) is 3.35. The Balaban J connectivity index is 1.97. The number of hydrogen-bond acceptors (Lipinski definition) is 2. The zero-order chi connectivity index (χ0) is 9.10. The van der Waals surface area contributed by atoms with Crippen LogP contribution in [0.1, 0.15) is 44.9 Å². The van der Waals surface area contributed by atoms with Crippen molar-refractivity contribution in [3.63, 3.8) is 0 Å². The highest BCUT2D eigenvalue weighted by atomic mass is 16.1. The van der Waals surface area contributed by atoms with Gasteiger partial charge in [0.1, 0.15) is 5.78 Å². The number of rotatable bonds is 1. The van der Waals surface area contributed by atoms with Crippen LogP contribution in [0.4, 0.5) is 0 Å². The molecule has 0 amide bonds. The fraction of sp³-hybridized carbons (Fsp3) is 0.909. The molecule has 1 heterocycles. The Hall–Kier alpha value is -0.370. The van der Waals surface area contributed by atoms with Gasteiger partial charge >= 0.3 is 0 Å². The Morgan fingerprint density at radius 2 is 1.77 bits per heavy atom. The maximum atomic E-state index is 11.8. The molecule has 2 heteroatoms. The second-order valence-electron chi connectivity index (χ2n) is 4.32. The average Bonchev–Trinajstić information content (AvgIpc) is 2.56. The minimum atomic E-state index is 0.296. The molecule has 2 fully saturated rings. The lowest BCUT2D eigenvalue weighted by atomic mass is 10.1. The predicted molar refractivity (Wildman–Crippen MR) is 52.7 cm³/mol. The van der Waals surface area contributed by atoms with E-state index in [4.69, 9.17) is 0 Å². The molecular formula is C11H19NO. The number of hydrogen-bond donors (Lipinski definition) is 0. The van der Waals surface area contributed by atoms with Crippen LogP contribution >= 0.6 is 0 Å². The molecule has 13 heavy (non-hydrogen) atoms. The molecule has 0 spiro atoms. The molecule has 0 aromatic carbocycles. The number of likely N-dealkylation sites (tertiary alicyclic amines) is 1. The van der Waals surface area contributed by atoms with Gasteiger partial charge in [-0.1, -0.05) is 12.8 Å². The molecule has 0 radical (unpaired) electrons. The summed E-state index contributed by atoms with van der Waals surface area (Å²) in [5.74, 6) is 0.513. The molecule has 0 N–H and O–H groups in total. The normalized spacial score (nSPS) is 32.0. The molecule has 1 saturated heterocycles. The van der Waals surface area contributed by atoms with Crippen molar-refractivity contribution in [3.05, 3.63) is 0 Å². The number of carbonyl (C=O) groups excluding carboxylic acids is 1. The molecule has 1 unspecified atom stereocenters. The highest BCUT2D eigenvalue weighted by molar-refractivity contribution is 5.84. The van der Waals surface area contributed by atoms with Gasteiger partial charge < -0.3 is 0 Å². The van der Waals surface area contributed by atoms with E-state index in [1.54, 1.807) is 0 Å². The lowest BCUT2D eigenvalue weighted by Crippen LogP contribution is -2.38. The summed E-state index contributed by atoms with van der Waals surface area (Å²) in [6.07, 6.45) is 8.19. The standard InChI is InChI=1S/C11H19NO/c13-11-7-3-1-2-6-10(11)12-8-4-5-9-12/h10H,1-9H2. The lowest BCUT2D eigenvalue weighted by molar-refractivity contribution is -0.123. The van der Waals surface area contributed by atoms with Crippen molar-refractivity contribution in [2.45, 2.75) is 51.0 Å². The molecule has 1 saturated carbocycles. The van der Waals surface area contributed by atoms with E-state index in [-0.39, 0.29) is 0 Å². The van der Waals surface area contributed by atoms with Gasteiger partial charge in [-0.25, -0.2) is 0 Å². The lowest BCUT2D eigenvalue weighted by Gasteiger charge is -2.24. The molecule has 1 atom stereocenters. The molecule has 1 aliphatic heterocycles. The van der Waals surface area contributed by atoms with E-state index in [2.05, 4.69) is 4.90 Å². The van der Waals surface area contributed by atoms with Crippen LogP contribution in [0, 0.1) is 0 Å². The van der Waals surface area contributed by atoms with Gasteiger partial charge in [0, 0.05) is 6.42 Å². The average molecular weight is 181 g/mol. The van der Waals surface area contributed by atoms with E-state index in [1.807, 2.05) is 0 Å². The molecular weight excluding hydrogens is 162 g/mol. The molecule has 0 aromatic heterocycles. The third kappa shape index (κ3) is 2.11. The maximum Gasteiger partial charge on any atom is 0.149 e. The summed E-state index contributed by atoms with van der Waals surface area (Å²) in [6, 6.07) is 0.296. The molecule has 2 aliphatic rings. The largest absolute Gasteiger partial charge is 0.298 e. The predicted octanol–water partition coefficient (Wildman–Crippen LogP) is 1.98. The van der Waals surface area contributed by atoms with Crippen molar-refractivity contribution in [2.24, 2.45) is 0 Å². The smallest absolute Gasteiger partial charge is 0.149 e. The van der Waals surface area contributed by atoms with E-state index in [9.17, 15) is 4.79 Å². The maximum absolute atomic E-state index is 11.8. The third-order valence-electron chi connectivity index (χ3n) is 3.35. The highest BCUT2D eigenvalue weighted by Crippen LogP contribution is 2.22. The molecule has 0 bridgehead atoms. The van der Waals surface area contributed by atoms with Gasteiger partial charge in [0.2, 0.25) is 0 Å². The summed E-state index contributed by atoms with van der Waals surface area (Å²) >= 11 is 0. The molecule has 74 valence electrons. The van der Waals surface area contributed by atoms with Crippen LogP contribution in [0.2, 0.25) is 0 Å². The van der Waals surface area contributed by atoms with Crippen molar-refractivity contribution < 1.29 is 4.79 Å². The summed E-state index contributed by atoms with van der Waals surface area (Å²) in [5, 5.41) is 0. The fourth-order valence-electron chi connectivity index (χ4n) is 2.58. The van der Waals surface area contributed by atoms with Crippen molar-refractivity contribution in [2.75, 3.05) is 13.1 Å². The number of nitrogens with zero attached hydrogens (tertiary/aromatic N) is 1. The van der Waals surface area contributed by atoms with Crippen LogP contribution < -0.4 is 0 Å². The Bertz CT molecular complexity index is 185. The first kappa shape index (κ1) is 9.20. The molecule has 2 nitrogen and oxygen atoms in total. The molecule has 2 rings (SSSR count). The van der Waals surface area contributed by atoms with Crippen LogP contribution in [-0.4, -0.2) is 29.8 Å². The number of ketones is 1. The van der Waals surface area contributed by atoms with Gasteiger partial charge in [-0.05, 0) is 38.8 Å². The van der Waals surface area contributed by atoms with Crippen molar-refractivity contribution in [3.8, 4) is 0 Å². The van der Waals surface area contributed by atoms with E-state index in [0.29, 0.717) is 11.8 Å². The van der Waals surface area contributed by atoms with Gasteiger partial charge in [0.15, 0.2) is 0 Å². The van der Waals surface area contributed by atoms with Crippen LogP contribution in [0.5, 0.6) is 0 Å². The topological polar surface area (TPSA) is 20.3 Å². The number of Topliss-reactive ketones (excluding diaryl/α,β-unsaturated/α-hetero) is 1. The summed E-state index contributed by atoms with van der Waals surface area (Å²) in [4.78, 5) is 14.2. The first-order valence-electron chi connectivity index (χ1n) is 5.65. The first-order valence-corrected chi connectivity index (χ1v) is 5.65. The van der Waals surface area contributed by atoms with Crippen LogP contribution in [0.15, 0.2) is 0 Å². The van der Waals surface area contributed by atoms with Crippen molar-refractivity contribution in [1.82, 2.24) is 4.90 Å². The Morgan fingerprint density at radius 1 is 1.00 bits per heavy atom. The molecule has 0 aromatic rings. The van der Waals surface area contributed by atoms with Gasteiger partial charge in [-0.3, -0.25) is 9.69 Å². The van der Waals surface area contributed by atoms with Crippen molar-refractivity contribution in [1.29, 1.82) is 0 Å². The van der Waals surface area contributed by atoms with E-state index < -0.39 is 0 Å². The second-order valence-corrected chi connectivity index (χ2v) is 4.32. The molecule has 1 aliphatic carbocycles. The Morgan fingerprint density at radius 3 is 2.54 bits per heavy atom. The SMILES string of the molecule is O=C1CCCCCC1N1CCCC1. The Kier molecular flexibility index (Phi) is 2.99. The highest BCUT2D eigenvalue weighted by Gasteiger charge is 2.28. The quantitative estimate of drug-likeness (QED) is 0.576. The van der Waals surface area contributed by atoms with E-state index in [0.717, 1.165) is 32.4 Å². The van der Waals surface area contributed by atoms with Gasteiger partial charge in [0.05, 0.1) is 6.04 Å². The zero-order valence-corrected chi connectivity index (χ0v) is 8.30.